The van der Waals surface area contributed by atoms with Gasteiger partial charge in [0.1, 0.15) is 0 Å². The third-order valence-corrected chi connectivity index (χ3v) is 4.91. The Morgan fingerprint density at radius 1 is 1.39 bits per heavy atom. The molecule has 1 fully saturated rings. The van der Waals surface area contributed by atoms with Crippen LogP contribution in [0.3, 0.4) is 0 Å². The van der Waals surface area contributed by atoms with E-state index in [9.17, 15) is 0 Å². The third-order valence-electron chi connectivity index (χ3n) is 3.57. The molecule has 1 aromatic heterocycles. The van der Waals surface area contributed by atoms with Gasteiger partial charge in [-0.05, 0) is 37.3 Å². The van der Waals surface area contributed by atoms with E-state index in [1.54, 1.807) is 0 Å². The molecular formula is C15H26N2S. The highest BCUT2D eigenvalue weighted by Gasteiger charge is 2.34. The summed E-state index contributed by atoms with van der Waals surface area (Å²) in [5, 5.41) is 0. The fourth-order valence-corrected chi connectivity index (χ4v) is 3.62. The largest absolute Gasteiger partial charge is 0.329 e. The summed E-state index contributed by atoms with van der Waals surface area (Å²) in [5.74, 6) is 0.713. The maximum Gasteiger partial charge on any atom is 0.0566 e. The van der Waals surface area contributed by atoms with E-state index in [4.69, 9.17) is 5.73 Å². The summed E-state index contributed by atoms with van der Waals surface area (Å²) in [6.07, 6.45) is 3.85. The molecule has 0 bridgehead atoms. The normalized spacial score (nSPS) is 17.7. The molecule has 0 saturated heterocycles. The van der Waals surface area contributed by atoms with E-state index in [0.717, 1.165) is 19.0 Å². The van der Waals surface area contributed by atoms with Crippen molar-refractivity contribution in [2.75, 3.05) is 13.1 Å². The summed E-state index contributed by atoms with van der Waals surface area (Å²) in [5.41, 5.74) is 6.06. The van der Waals surface area contributed by atoms with Crippen LogP contribution in [0.1, 0.15) is 49.4 Å². The van der Waals surface area contributed by atoms with E-state index in [1.807, 2.05) is 11.3 Å². The molecule has 2 N–H and O–H groups in total. The number of rotatable bonds is 7. The average molecular weight is 266 g/mol. The zero-order chi connectivity index (χ0) is 13.1. The van der Waals surface area contributed by atoms with Crippen molar-refractivity contribution < 1.29 is 0 Å². The lowest BCUT2D eigenvalue weighted by molar-refractivity contribution is 0.172. The Balaban J connectivity index is 2.13. The number of thiophene rings is 1. The molecule has 3 heteroatoms. The molecule has 1 aliphatic carbocycles. The maximum atomic E-state index is 6.06. The SMILES string of the molecule is CCc1ccc(C(CN)N(CC(C)C)C2CC2)s1. The van der Waals surface area contributed by atoms with Gasteiger partial charge in [0.2, 0.25) is 0 Å². The third kappa shape index (κ3) is 3.34. The van der Waals surface area contributed by atoms with Gasteiger partial charge in [-0.3, -0.25) is 4.90 Å². The van der Waals surface area contributed by atoms with E-state index >= 15 is 0 Å². The summed E-state index contributed by atoms with van der Waals surface area (Å²) in [6.45, 7) is 8.74. The van der Waals surface area contributed by atoms with Crippen molar-refractivity contribution in [3.63, 3.8) is 0 Å². The highest BCUT2D eigenvalue weighted by molar-refractivity contribution is 7.12. The lowest BCUT2D eigenvalue weighted by Gasteiger charge is -2.31. The molecule has 2 nitrogen and oxygen atoms in total. The molecule has 1 saturated carbocycles. The topological polar surface area (TPSA) is 29.3 Å². The van der Waals surface area contributed by atoms with Crippen molar-refractivity contribution in [3.05, 3.63) is 21.9 Å². The zero-order valence-electron chi connectivity index (χ0n) is 11.9. The van der Waals surface area contributed by atoms with Gasteiger partial charge in [-0.1, -0.05) is 20.8 Å². The quantitative estimate of drug-likeness (QED) is 0.819. The van der Waals surface area contributed by atoms with E-state index in [2.05, 4.69) is 37.8 Å². The van der Waals surface area contributed by atoms with Gasteiger partial charge in [0, 0.05) is 28.9 Å². The van der Waals surface area contributed by atoms with Gasteiger partial charge < -0.3 is 5.73 Å². The van der Waals surface area contributed by atoms with Gasteiger partial charge in [0.15, 0.2) is 0 Å². The van der Waals surface area contributed by atoms with Crippen LogP contribution in [0.2, 0.25) is 0 Å². The van der Waals surface area contributed by atoms with Crippen molar-refractivity contribution in [1.29, 1.82) is 0 Å². The zero-order valence-corrected chi connectivity index (χ0v) is 12.7. The molecule has 0 amide bonds. The number of hydrogen-bond acceptors (Lipinski definition) is 3. The Morgan fingerprint density at radius 2 is 2.11 bits per heavy atom. The minimum atomic E-state index is 0.435. The van der Waals surface area contributed by atoms with Crippen molar-refractivity contribution in [2.45, 2.75) is 52.1 Å². The van der Waals surface area contributed by atoms with Crippen LogP contribution in [0.15, 0.2) is 12.1 Å². The Labute approximate surface area is 115 Å². The van der Waals surface area contributed by atoms with Gasteiger partial charge in [-0.15, -0.1) is 11.3 Å². The molecule has 0 radical (unpaired) electrons. The van der Waals surface area contributed by atoms with Crippen molar-refractivity contribution in [2.24, 2.45) is 11.7 Å². The summed E-state index contributed by atoms with van der Waals surface area (Å²) in [6, 6.07) is 5.78. The Morgan fingerprint density at radius 3 is 2.56 bits per heavy atom. The molecular weight excluding hydrogens is 240 g/mol. The average Bonchev–Trinajstić information content (AvgIpc) is 3.08. The molecule has 1 unspecified atom stereocenters. The molecule has 2 rings (SSSR count). The molecule has 0 aliphatic heterocycles. The van der Waals surface area contributed by atoms with Gasteiger partial charge >= 0.3 is 0 Å². The fourth-order valence-electron chi connectivity index (χ4n) is 2.54. The first-order valence-electron chi connectivity index (χ1n) is 7.20. The molecule has 18 heavy (non-hydrogen) atoms. The first-order chi connectivity index (χ1) is 8.65. The van der Waals surface area contributed by atoms with Crippen LogP contribution < -0.4 is 5.73 Å². The summed E-state index contributed by atoms with van der Waals surface area (Å²) in [7, 11) is 0. The van der Waals surface area contributed by atoms with Crippen LogP contribution in [0.4, 0.5) is 0 Å². The van der Waals surface area contributed by atoms with Crippen LogP contribution in [0.25, 0.3) is 0 Å². The van der Waals surface area contributed by atoms with Gasteiger partial charge in [-0.25, -0.2) is 0 Å². The van der Waals surface area contributed by atoms with Gasteiger partial charge in [-0.2, -0.15) is 0 Å². The number of nitrogens with two attached hydrogens (primary N) is 1. The van der Waals surface area contributed by atoms with E-state index < -0.39 is 0 Å². The first-order valence-corrected chi connectivity index (χ1v) is 8.01. The Hall–Kier alpha value is -0.380. The summed E-state index contributed by atoms with van der Waals surface area (Å²) in [4.78, 5) is 5.58. The molecule has 0 spiro atoms. The van der Waals surface area contributed by atoms with E-state index in [0.29, 0.717) is 12.0 Å². The van der Waals surface area contributed by atoms with Crippen LogP contribution in [0, 0.1) is 5.92 Å². The lowest BCUT2D eigenvalue weighted by atomic mass is 10.1. The van der Waals surface area contributed by atoms with Gasteiger partial charge in [0.05, 0.1) is 6.04 Å². The maximum absolute atomic E-state index is 6.06. The summed E-state index contributed by atoms with van der Waals surface area (Å²) >= 11 is 1.94. The summed E-state index contributed by atoms with van der Waals surface area (Å²) < 4.78 is 0. The van der Waals surface area contributed by atoms with Crippen LogP contribution >= 0.6 is 11.3 Å². The molecule has 1 aliphatic rings. The predicted octanol–water partition coefficient (Wildman–Crippen LogP) is 3.43. The van der Waals surface area contributed by atoms with Gasteiger partial charge in [0.25, 0.3) is 0 Å². The molecule has 0 aromatic carbocycles. The monoisotopic (exact) mass is 266 g/mol. The predicted molar refractivity (Wildman–Crippen MR) is 80.1 cm³/mol. The van der Waals surface area contributed by atoms with E-state index in [-0.39, 0.29) is 0 Å². The number of hydrogen-bond donors (Lipinski definition) is 1. The number of nitrogens with zero attached hydrogens (tertiary/aromatic N) is 1. The van der Waals surface area contributed by atoms with Crippen LogP contribution in [-0.2, 0) is 6.42 Å². The van der Waals surface area contributed by atoms with Crippen LogP contribution in [0.5, 0.6) is 0 Å². The number of aryl methyl sites for hydroxylation is 1. The highest BCUT2D eigenvalue weighted by Crippen LogP contribution is 2.36. The Kier molecular flexibility index (Phi) is 4.82. The molecule has 102 valence electrons. The van der Waals surface area contributed by atoms with Crippen molar-refractivity contribution >= 4 is 11.3 Å². The minimum absolute atomic E-state index is 0.435. The molecule has 1 heterocycles. The molecule has 1 aromatic rings. The Bertz CT molecular complexity index is 368. The fraction of sp³-hybridized carbons (Fsp3) is 0.733. The first kappa shape index (κ1) is 14.0. The van der Waals surface area contributed by atoms with Crippen molar-refractivity contribution in [1.82, 2.24) is 4.90 Å². The second-order valence-corrected chi connectivity index (χ2v) is 6.93. The van der Waals surface area contributed by atoms with Crippen molar-refractivity contribution in [3.8, 4) is 0 Å². The van der Waals surface area contributed by atoms with Crippen LogP contribution in [-0.4, -0.2) is 24.0 Å². The second-order valence-electron chi connectivity index (χ2n) is 5.73. The lowest BCUT2D eigenvalue weighted by Crippen LogP contribution is -2.37. The molecule has 1 atom stereocenters. The smallest absolute Gasteiger partial charge is 0.0566 e. The second kappa shape index (κ2) is 6.18. The van der Waals surface area contributed by atoms with E-state index in [1.165, 1.54) is 29.1 Å². The standard InChI is InChI=1S/C15H26N2S/c1-4-13-7-8-15(18-13)14(9-16)17(10-11(2)3)12-5-6-12/h7-8,11-12,14H,4-6,9-10,16H2,1-3H3. The minimum Gasteiger partial charge on any atom is -0.329 e. The highest BCUT2D eigenvalue weighted by atomic mass is 32.1.